The van der Waals surface area contributed by atoms with Crippen LogP contribution in [0.2, 0.25) is 0 Å². The number of benzene rings is 1. The summed E-state index contributed by atoms with van der Waals surface area (Å²) < 4.78 is 34.5. The van der Waals surface area contributed by atoms with Gasteiger partial charge in [0.25, 0.3) is 0 Å². The molecule has 1 aliphatic carbocycles. The van der Waals surface area contributed by atoms with Crippen molar-refractivity contribution in [2.24, 2.45) is 5.41 Å². The first-order chi connectivity index (χ1) is 8.87. The molecule has 0 amide bonds. The maximum absolute atomic E-state index is 11.2. The fraction of sp³-hybridized carbons (Fsp3) is 0.500. The summed E-state index contributed by atoms with van der Waals surface area (Å²) in [6.45, 7) is 1.27. The molecule has 1 spiro atoms. The zero-order valence-electron chi connectivity index (χ0n) is 9.99. The zero-order valence-corrected chi connectivity index (χ0v) is 13.1. The van der Waals surface area contributed by atoms with Crippen molar-refractivity contribution >= 4 is 35.7 Å². The lowest BCUT2D eigenvalue weighted by atomic mass is 10.1. The van der Waals surface area contributed by atoms with E-state index in [1.807, 2.05) is 0 Å². The van der Waals surface area contributed by atoms with Gasteiger partial charge < -0.3 is 9.47 Å². The molecule has 1 fully saturated rings. The van der Waals surface area contributed by atoms with Gasteiger partial charge in [0.2, 0.25) is 9.05 Å². The lowest BCUT2D eigenvalue weighted by Crippen LogP contribution is -2.17. The van der Waals surface area contributed by atoms with Crippen LogP contribution in [-0.2, 0) is 14.8 Å². The molecule has 19 heavy (non-hydrogen) atoms. The van der Waals surface area contributed by atoms with Gasteiger partial charge in [-0.1, -0.05) is 15.9 Å². The molecule has 0 saturated heterocycles. The van der Waals surface area contributed by atoms with Gasteiger partial charge >= 0.3 is 0 Å². The van der Waals surface area contributed by atoms with E-state index in [1.54, 1.807) is 12.1 Å². The Bertz CT molecular complexity index is 625. The molecule has 0 unspecified atom stereocenters. The quantitative estimate of drug-likeness (QED) is 0.754. The predicted octanol–water partition coefficient (Wildman–Crippen LogP) is 3.07. The molecule has 4 nitrogen and oxygen atoms in total. The van der Waals surface area contributed by atoms with Gasteiger partial charge in [0, 0.05) is 20.6 Å². The molecule has 7 heteroatoms. The van der Waals surface area contributed by atoms with E-state index in [0.717, 1.165) is 12.8 Å². The fourth-order valence-corrected chi connectivity index (χ4v) is 3.68. The van der Waals surface area contributed by atoms with Crippen LogP contribution in [0.15, 0.2) is 16.6 Å². The van der Waals surface area contributed by atoms with Crippen molar-refractivity contribution in [2.45, 2.75) is 18.6 Å². The number of rotatable bonds is 2. The van der Waals surface area contributed by atoms with Crippen LogP contribution in [0.5, 0.6) is 11.5 Å². The average molecular weight is 368 g/mol. The van der Waals surface area contributed by atoms with E-state index in [0.29, 0.717) is 34.7 Å². The molecule has 1 aliphatic heterocycles. The summed E-state index contributed by atoms with van der Waals surface area (Å²) >= 11 is 3.34. The molecule has 1 heterocycles. The summed E-state index contributed by atoms with van der Waals surface area (Å²) in [6.07, 6.45) is 2.23. The lowest BCUT2D eigenvalue weighted by Gasteiger charge is -2.10. The molecule has 0 N–H and O–H groups in total. The summed E-state index contributed by atoms with van der Waals surface area (Å²) in [5, 5.41) is 0. The fourth-order valence-electron chi connectivity index (χ4n) is 2.07. The molecular weight excluding hydrogens is 356 g/mol. The van der Waals surface area contributed by atoms with Gasteiger partial charge in [-0.3, -0.25) is 0 Å². The number of ether oxygens (including phenoxy) is 2. The first-order valence-corrected chi connectivity index (χ1v) is 9.14. The smallest absolute Gasteiger partial charge is 0.236 e. The van der Waals surface area contributed by atoms with E-state index in [4.69, 9.17) is 20.2 Å². The van der Waals surface area contributed by atoms with E-state index in [1.165, 1.54) is 0 Å². The van der Waals surface area contributed by atoms with Gasteiger partial charge in [0.15, 0.2) is 11.5 Å². The van der Waals surface area contributed by atoms with Crippen molar-refractivity contribution in [3.8, 4) is 11.5 Å². The van der Waals surface area contributed by atoms with Crippen LogP contribution < -0.4 is 9.47 Å². The van der Waals surface area contributed by atoms with Gasteiger partial charge in [0.1, 0.15) is 0 Å². The molecule has 0 atom stereocenters. The third-order valence-electron chi connectivity index (χ3n) is 3.47. The van der Waals surface area contributed by atoms with E-state index in [-0.39, 0.29) is 11.2 Å². The minimum absolute atomic E-state index is 0.157. The van der Waals surface area contributed by atoms with Crippen molar-refractivity contribution in [3.63, 3.8) is 0 Å². The summed E-state index contributed by atoms with van der Waals surface area (Å²) in [5.41, 5.74) is 0.730. The maximum atomic E-state index is 11.2. The number of halogens is 2. The predicted molar refractivity (Wildman–Crippen MR) is 75.3 cm³/mol. The summed E-state index contributed by atoms with van der Waals surface area (Å²) in [6, 6.07) is 3.43. The first-order valence-electron chi connectivity index (χ1n) is 5.87. The standard InChI is InChI=1S/C12H12BrClO4S/c13-9-4-11-10(3-8(9)5-19(14,15)16)17-6-12(1-2-12)7-18-11/h3-4H,1-2,5-7H2. The monoisotopic (exact) mass is 366 g/mol. The Labute approximate surface area is 124 Å². The van der Waals surface area contributed by atoms with Gasteiger partial charge in [-0.15, -0.1) is 0 Å². The van der Waals surface area contributed by atoms with Crippen molar-refractivity contribution < 1.29 is 17.9 Å². The second kappa shape index (κ2) is 4.53. The Morgan fingerprint density at radius 2 is 1.79 bits per heavy atom. The Kier molecular flexibility index (Phi) is 3.22. The van der Waals surface area contributed by atoms with Gasteiger partial charge in [0.05, 0.1) is 19.0 Å². The number of hydrogen-bond acceptors (Lipinski definition) is 4. The Morgan fingerprint density at radius 3 is 2.32 bits per heavy atom. The molecule has 0 radical (unpaired) electrons. The summed E-state index contributed by atoms with van der Waals surface area (Å²) in [5.74, 6) is 0.991. The molecule has 0 bridgehead atoms. The van der Waals surface area contributed by atoms with E-state index in [9.17, 15) is 8.42 Å². The second-order valence-electron chi connectivity index (χ2n) is 5.15. The van der Waals surface area contributed by atoms with Crippen LogP contribution in [0.3, 0.4) is 0 Å². The molecule has 3 rings (SSSR count). The van der Waals surface area contributed by atoms with Gasteiger partial charge in [-0.05, 0) is 30.5 Å². The third kappa shape index (κ3) is 3.01. The third-order valence-corrected chi connectivity index (χ3v) is 5.19. The largest absolute Gasteiger partial charge is 0.489 e. The van der Waals surface area contributed by atoms with Gasteiger partial charge in [-0.25, -0.2) is 8.42 Å². The van der Waals surface area contributed by atoms with Crippen molar-refractivity contribution in [1.82, 2.24) is 0 Å². The molecular formula is C12H12BrClO4S. The highest BCUT2D eigenvalue weighted by atomic mass is 79.9. The molecule has 1 aromatic rings. The Balaban J connectivity index is 1.92. The highest BCUT2D eigenvalue weighted by Crippen LogP contribution is 2.49. The molecule has 0 aromatic heterocycles. The molecule has 1 saturated carbocycles. The number of fused-ring (bicyclic) bond motifs is 1. The second-order valence-corrected chi connectivity index (χ2v) is 8.78. The van der Waals surface area contributed by atoms with E-state index < -0.39 is 9.05 Å². The average Bonchev–Trinajstić information content (AvgIpc) is 3.08. The van der Waals surface area contributed by atoms with Crippen LogP contribution in [0.25, 0.3) is 0 Å². The lowest BCUT2D eigenvalue weighted by molar-refractivity contribution is 0.197. The SMILES string of the molecule is O=S(=O)(Cl)Cc1cc2c(cc1Br)OCC1(CC1)CO2. The molecule has 104 valence electrons. The van der Waals surface area contributed by atoms with E-state index in [2.05, 4.69) is 15.9 Å². The minimum Gasteiger partial charge on any atom is -0.489 e. The number of hydrogen-bond donors (Lipinski definition) is 0. The van der Waals surface area contributed by atoms with Crippen LogP contribution in [0, 0.1) is 5.41 Å². The highest BCUT2D eigenvalue weighted by molar-refractivity contribution is 9.10. The van der Waals surface area contributed by atoms with Crippen LogP contribution >= 0.6 is 26.6 Å². The topological polar surface area (TPSA) is 52.6 Å². The first kappa shape index (κ1) is 13.5. The van der Waals surface area contributed by atoms with Gasteiger partial charge in [-0.2, -0.15) is 0 Å². The van der Waals surface area contributed by atoms with Crippen molar-refractivity contribution in [2.75, 3.05) is 13.2 Å². The van der Waals surface area contributed by atoms with Crippen LogP contribution in [-0.4, -0.2) is 21.6 Å². The van der Waals surface area contributed by atoms with Crippen molar-refractivity contribution in [1.29, 1.82) is 0 Å². The van der Waals surface area contributed by atoms with Crippen LogP contribution in [0.1, 0.15) is 18.4 Å². The normalized spacial score (nSPS) is 20.1. The Hall–Kier alpha value is -0.460. The minimum atomic E-state index is -3.60. The highest BCUT2D eigenvalue weighted by Gasteiger charge is 2.46. The van der Waals surface area contributed by atoms with Crippen molar-refractivity contribution in [3.05, 3.63) is 22.2 Å². The molecule has 2 aliphatic rings. The summed E-state index contributed by atoms with van der Waals surface area (Å²) in [7, 11) is 1.69. The zero-order chi connectivity index (χ0) is 13.7. The van der Waals surface area contributed by atoms with E-state index >= 15 is 0 Å². The molecule has 1 aromatic carbocycles. The summed E-state index contributed by atoms with van der Waals surface area (Å²) in [4.78, 5) is 0. The Morgan fingerprint density at radius 1 is 1.21 bits per heavy atom. The van der Waals surface area contributed by atoms with Crippen LogP contribution in [0.4, 0.5) is 0 Å². The maximum Gasteiger partial charge on any atom is 0.236 e.